The summed E-state index contributed by atoms with van der Waals surface area (Å²) in [6, 6.07) is 11.3. The van der Waals surface area contributed by atoms with Crippen LogP contribution in [0.2, 0.25) is 0 Å². The van der Waals surface area contributed by atoms with Gasteiger partial charge in [-0.15, -0.1) is 0 Å². The lowest BCUT2D eigenvalue weighted by atomic mass is 9.94. The van der Waals surface area contributed by atoms with Crippen LogP contribution in [0, 0.1) is 6.92 Å². The minimum atomic E-state index is 0.0126. The Balaban J connectivity index is 1.23. The molecule has 1 saturated heterocycles. The molecule has 35 heavy (non-hydrogen) atoms. The van der Waals surface area contributed by atoms with Crippen LogP contribution in [0.25, 0.3) is 11.3 Å². The van der Waals surface area contributed by atoms with Gasteiger partial charge in [-0.05, 0) is 80.2 Å². The van der Waals surface area contributed by atoms with Crippen LogP contribution >= 0.6 is 0 Å². The number of hydrogen-bond donors (Lipinski definition) is 1. The molecular weight excluding hydrogens is 440 g/mol. The van der Waals surface area contributed by atoms with Crippen molar-refractivity contribution in [3.8, 4) is 11.3 Å². The number of carbonyl (C=O) groups is 2. The number of piperidine rings is 1. The molecule has 0 radical (unpaired) electrons. The average molecular weight is 473 g/mol. The Morgan fingerprint density at radius 1 is 1.06 bits per heavy atom. The van der Waals surface area contributed by atoms with E-state index < -0.39 is 0 Å². The number of hydrogen-bond acceptors (Lipinski definition) is 5. The molecule has 2 amide bonds. The first-order valence-corrected chi connectivity index (χ1v) is 12.5. The Kier molecular flexibility index (Phi) is 6.95. The van der Waals surface area contributed by atoms with Gasteiger partial charge in [0.1, 0.15) is 5.76 Å². The number of aromatic nitrogens is 1. The topological polar surface area (TPSA) is 78.7 Å². The van der Waals surface area contributed by atoms with Crippen LogP contribution in [0.5, 0.6) is 0 Å². The van der Waals surface area contributed by atoms with Gasteiger partial charge in [-0.2, -0.15) is 0 Å². The van der Waals surface area contributed by atoms with Crippen molar-refractivity contribution in [2.45, 2.75) is 45.7 Å². The Labute approximate surface area is 206 Å². The third-order valence-corrected chi connectivity index (χ3v) is 7.10. The zero-order valence-electron chi connectivity index (χ0n) is 20.3. The van der Waals surface area contributed by atoms with Crippen LogP contribution in [0.4, 0.5) is 0 Å². The number of pyridine rings is 1. The normalized spacial score (nSPS) is 16.1. The van der Waals surface area contributed by atoms with E-state index in [4.69, 9.17) is 4.42 Å². The molecule has 7 nitrogen and oxygen atoms in total. The van der Waals surface area contributed by atoms with Crippen LogP contribution in [-0.2, 0) is 24.3 Å². The van der Waals surface area contributed by atoms with Crippen molar-refractivity contribution in [2.75, 3.05) is 26.2 Å². The van der Waals surface area contributed by atoms with Crippen molar-refractivity contribution < 1.29 is 14.0 Å². The fourth-order valence-electron chi connectivity index (χ4n) is 5.10. The van der Waals surface area contributed by atoms with Crippen LogP contribution in [-0.4, -0.2) is 52.8 Å². The number of carbonyl (C=O) groups excluding carboxylic acids is 2. The summed E-state index contributed by atoms with van der Waals surface area (Å²) in [7, 11) is 0. The van der Waals surface area contributed by atoms with Crippen LogP contribution in [0.3, 0.4) is 0 Å². The van der Waals surface area contributed by atoms with E-state index in [0.717, 1.165) is 47.7 Å². The molecule has 3 aromatic rings. The summed E-state index contributed by atoms with van der Waals surface area (Å²) >= 11 is 0. The number of aryl methyl sites for hydroxylation is 1. The molecule has 2 aliphatic rings. The monoisotopic (exact) mass is 472 g/mol. The molecule has 0 unspecified atom stereocenters. The van der Waals surface area contributed by atoms with Crippen molar-refractivity contribution in [1.29, 1.82) is 0 Å². The Morgan fingerprint density at radius 2 is 1.86 bits per heavy atom. The first kappa shape index (κ1) is 23.3. The van der Waals surface area contributed by atoms with Crippen LogP contribution in [0.15, 0.2) is 53.3 Å². The molecule has 2 aromatic heterocycles. The zero-order valence-corrected chi connectivity index (χ0v) is 20.3. The molecule has 0 spiro atoms. The van der Waals surface area contributed by atoms with Crippen molar-refractivity contribution in [3.05, 3.63) is 76.8 Å². The molecule has 0 saturated carbocycles. The lowest BCUT2D eigenvalue weighted by Crippen LogP contribution is -2.40. The summed E-state index contributed by atoms with van der Waals surface area (Å²) in [6.45, 7) is 6.11. The number of nitrogens with one attached hydrogen (secondary N) is 1. The SMILES string of the molecule is Cc1ncc2c(c1CNC(=O)CN1CCCCC1)CCN(C(=O)c1ccc(-c3ccco3)cc1)C2. The van der Waals surface area contributed by atoms with Crippen LogP contribution < -0.4 is 5.32 Å². The first-order valence-electron chi connectivity index (χ1n) is 12.5. The maximum atomic E-state index is 13.2. The second kappa shape index (κ2) is 10.4. The van der Waals surface area contributed by atoms with Gasteiger partial charge in [-0.3, -0.25) is 19.5 Å². The lowest BCUT2D eigenvalue weighted by molar-refractivity contribution is -0.122. The second-order valence-electron chi connectivity index (χ2n) is 9.47. The zero-order chi connectivity index (χ0) is 24.2. The van der Waals surface area contributed by atoms with E-state index in [1.165, 1.54) is 24.8 Å². The molecule has 1 aromatic carbocycles. The summed E-state index contributed by atoms with van der Waals surface area (Å²) in [5.41, 5.74) is 5.91. The van der Waals surface area contributed by atoms with Crippen molar-refractivity contribution in [1.82, 2.24) is 20.1 Å². The molecule has 0 bridgehead atoms. The van der Waals surface area contributed by atoms with Gasteiger partial charge >= 0.3 is 0 Å². The van der Waals surface area contributed by atoms with Gasteiger partial charge < -0.3 is 14.6 Å². The number of benzene rings is 1. The van der Waals surface area contributed by atoms with E-state index in [2.05, 4.69) is 15.2 Å². The highest BCUT2D eigenvalue weighted by atomic mass is 16.3. The number of likely N-dealkylation sites (tertiary alicyclic amines) is 1. The largest absolute Gasteiger partial charge is 0.464 e. The Hall–Kier alpha value is -3.45. The Morgan fingerprint density at radius 3 is 2.60 bits per heavy atom. The molecule has 1 fully saturated rings. The van der Waals surface area contributed by atoms with Gasteiger partial charge in [-0.25, -0.2) is 0 Å². The predicted octanol–water partition coefficient (Wildman–Crippen LogP) is 3.95. The molecule has 0 atom stereocenters. The maximum Gasteiger partial charge on any atom is 0.254 e. The summed E-state index contributed by atoms with van der Waals surface area (Å²) in [4.78, 5) is 34.4. The van der Waals surface area contributed by atoms with Gasteiger partial charge in [-0.1, -0.05) is 18.6 Å². The van der Waals surface area contributed by atoms with E-state index in [-0.39, 0.29) is 11.8 Å². The standard InChI is InChI=1S/C28H32N4O3/c1-20-25(17-30-27(33)19-31-12-3-2-4-13-31)24-11-14-32(18-23(24)16-29-20)28(34)22-9-7-21(8-10-22)26-6-5-15-35-26/h5-10,15-16H,2-4,11-14,17-19H2,1H3,(H,30,33). The second-order valence-corrected chi connectivity index (χ2v) is 9.47. The fraction of sp³-hybridized carbons (Fsp3) is 0.393. The number of rotatable bonds is 6. The average Bonchev–Trinajstić information content (AvgIpc) is 3.43. The van der Waals surface area contributed by atoms with E-state index in [1.807, 2.05) is 54.4 Å². The highest BCUT2D eigenvalue weighted by molar-refractivity contribution is 5.94. The quantitative estimate of drug-likeness (QED) is 0.588. The van der Waals surface area contributed by atoms with Gasteiger partial charge in [0.15, 0.2) is 0 Å². The van der Waals surface area contributed by atoms with Gasteiger partial charge in [0.05, 0.1) is 12.8 Å². The van der Waals surface area contributed by atoms with Crippen LogP contribution in [0.1, 0.15) is 52.0 Å². The Bertz CT molecular complexity index is 1180. The smallest absolute Gasteiger partial charge is 0.254 e. The van der Waals surface area contributed by atoms with E-state index in [9.17, 15) is 9.59 Å². The third kappa shape index (κ3) is 5.30. The summed E-state index contributed by atoms with van der Waals surface area (Å²) in [5.74, 6) is 0.862. The van der Waals surface area contributed by atoms with Crippen molar-refractivity contribution in [3.63, 3.8) is 0 Å². The molecule has 0 aliphatic carbocycles. The summed E-state index contributed by atoms with van der Waals surface area (Å²) in [6.07, 6.45) is 7.88. The molecule has 1 N–H and O–H groups in total. The number of nitrogens with zero attached hydrogens (tertiary/aromatic N) is 3. The van der Waals surface area contributed by atoms with Gasteiger partial charge in [0, 0.05) is 42.7 Å². The van der Waals surface area contributed by atoms with Gasteiger partial charge in [0.2, 0.25) is 5.91 Å². The predicted molar refractivity (Wildman–Crippen MR) is 134 cm³/mol. The highest BCUT2D eigenvalue weighted by Crippen LogP contribution is 2.26. The van der Waals surface area contributed by atoms with E-state index >= 15 is 0 Å². The number of fused-ring (bicyclic) bond motifs is 1. The number of furan rings is 1. The number of amides is 2. The highest BCUT2D eigenvalue weighted by Gasteiger charge is 2.25. The van der Waals surface area contributed by atoms with E-state index in [1.54, 1.807) is 6.26 Å². The van der Waals surface area contributed by atoms with Gasteiger partial charge in [0.25, 0.3) is 5.91 Å². The third-order valence-electron chi connectivity index (χ3n) is 7.10. The fourth-order valence-corrected chi connectivity index (χ4v) is 5.10. The first-order chi connectivity index (χ1) is 17.1. The molecular formula is C28H32N4O3. The van der Waals surface area contributed by atoms with E-state index in [0.29, 0.717) is 31.7 Å². The molecule has 5 rings (SSSR count). The molecule has 182 valence electrons. The minimum Gasteiger partial charge on any atom is -0.464 e. The maximum absolute atomic E-state index is 13.2. The summed E-state index contributed by atoms with van der Waals surface area (Å²) < 4.78 is 5.44. The minimum absolute atomic E-state index is 0.0126. The van der Waals surface area contributed by atoms with Crippen molar-refractivity contribution >= 4 is 11.8 Å². The van der Waals surface area contributed by atoms with Crippen molar-refractivity contribution in [2.24, 2.45) is 0 Å². The molecule has 7 heteroatoms. The molecule has 4 heterocycles. The molecule has 2 aliphatic heterocycles. The summed E-state index contributed by atoms with van der Waals surface area (Å²) in [5, 5.41) is 3.11. The lowest BCUT2D eigenvalue weighted by Gasteiger charge is -2.31.